The second-order valence-corrected chi connectivity index (χ2v) is 7.76. The Bertz CT molecular complexity index is 450. The van der Waals surface area contributed by atoms with Crippen LogP contribution in [0.5, 0.6) is 0 Å². The molecule has 0 spiro atoms. The highest BCUT2D eigenvalue weighted by atomic mass is 16.6. The molecule has 5 atom stereocenters. The van der Waals surface area contributed by atoms with Gasteiger partial charge in [-0.1, -0.05) is 32.9 Å². The predicted molar refractivity (Wildman–Crippen MR) is 76.3 cm³/mol. The lowest BCUT2D eigenvalue weighted by molar-refractivity contribution is -0.174. The second-order valence-electron chi connectivity index (χ2n) is 7.76. The van der Waals surface area contributed by atoms with E-state index < -0.39 is 28.5 Å². The molecule has 2 aliphatic rings. The van der Waals surface area contributed by atoms with Gasteiger partial charge in [0, 0.05) is 0 Å². The van der Waals surface area contributed by atoms with Crippen molar-refractivity contribution < 1.29 is 19.7 Å². The number of carboxylic acid groups (broad SMARTS) is 1. The van der Waals surface area contributed by atoms with Crippen molar-refractivity contribution in [2.75, 3.05) is 0 Å². The maximum absolute atomic E-state index is 11.8. The molecule has 4 nitrogen and oxygen atoms in total. The molecule has 114 valence electrons. The van der Waals surface area contributed by atoms with E-state index in [0.717, 1.165) is 12.0 Å². The van der Waals surface area contributed by atoms with Gasteiger partial charge in [0.15, 0.2) is 0 Å². The van der Waals surface area contributed by atoms with Crippen molar-refractivity contribution in [3.8, 4) is 0 Å². The summed E-state index contributed by atoms with van der Waals surface area (Å²) in [6, 6.07) is 0. The molecule has 0 amide bonds. The molecule has 1 saturated heterocycles. The Morgan fingerprint density at radius 2 is 2.00 bits per heavy atom. The summed E-state index contributed by atoms with van der Waals surface area (Å²) in [6.45, 7) is 13.3. The average molecular weight is 282 g/mol. The van der Waals surface area contributed by atoms with Crippen LogP contribution in [0, 0.1) is 17.3 Å². The van der Waals surface area contributed by atoms with E-state index >= 15 is 0 Å². The van der Waals surface area contributed by atoms with E-state index in [1.165, 1.54) is 0 Å². The number of fused-ring (bicyclic) bond motifs is 1. The number of epoxide rings is 1. The quantitative estimate of drug-likeness (QED) is 0.616. The number of aliphatic carboxylic acids is 1. The van der Waals surface area contributed by atoms with E-state index in [-0.39, 0.29) is 12.0 Å². The van der Waals surface area contributed by atoms with Gasteiger partial charge >= 0.3 is 5.97 Å². The maximum atomic E-state index is 11.8. The fourth-order valence-electron chi connectivity index (χ4n) is 3.91. The molecular weight excluding hydrogens is 256 g/mol. The van der Waals surface area contributed by atoms with E-state index in [9.17, 15) is 15.0 Å². The molecule has 1 aliphatic heterocycles. The van der Waals surface area contributed by atoms with Gasteiger partial charge in [0.25, 0.3) is 0 Å². The van der Waals surface area contributed by atoms with E-state index in [1.807, 2.05) is 34.6 Å². The van der Waals surface area contributed by atoms with Crippen molar-refractivity contribution in [1.82, 2.24) is 0 Å². The number of allylic oxidation sites excluding steroid dienone is 1. The number of carbonyl (C=O) groups is 1. The Hall–Kier alpha value is -0.870. The number of carboxylic acids is 1. The molecule has 2 fully saturated rings. The first-order valence-electron chi connectivity index (χ1n) is 7.22. The first kappa shape index (κ1) is 15.5. The molecule has 1 unspecified atom stereocenters. The Balaban J connectivity index is 2.44. The minimum atomic E-state index is -1.36. The number of aliphatic hydroxyl groups is 1. The molecule has 1 heterocycles. The number of ether oxygens (including phenoxy) is 1. The lowest BCUT2D eigenvalue weighted by Crippen LogP contribution is -2.60. The van der Waals surface area contributed by atoms with Gasteiger partial charge in [-0.05, 0) is 38.0 Å². The van der Waals surface area contributed by atoms with E-state index in [2.05, 4.69) is 6.58 Å². The van der Waals surface area contributed by atoms with Crippen molar-refractivity contribution in [3.05, 3.63) is 12.2 Å². The number of hydrogen-bond donors (Lipinski definition) is 2. The van der Waals surface area contributed by atoms with Crippen LogP contribution in [0.3, 0.4) is 0 Å². The monoisotopic (exact) mass is 282 g/mol. The van der Waals surface area contributed by atoms with Gasteiger partial charge in [-0.15, -0.1) is 0 Å². The van der Waals surface area contributed by atoms with Crippen LogP contribution >= 0.6 is 0 Å². The predicted octanol–water partition coefficient (Wildman–Crippen LogP) is 2.61. The summed E-state index contributed by atoms with van der Waals surface area (Å²) in [7, 11) is 0. The van der Waals surface area contributed by atoms with Crippen LogP contribution in [0.15, 0.2) is 12.2 Å². The van der Waals surface area contributed by atoms with Gasteiger partial charge < -0.3 is 14.9 Å². The second kappa shape index (κ2) is 4.31. The normalized spacial score (nSPS) is 41.7. The summed E-state index contributed by atoms with van der Waals surface area (Å²) in [5.41, 5.74) is -1.66. The van der Waals surface area contributed by atoms with Gasteiger partial charge in [-0.2, -0.15) is 0 Å². The smallest absolute Gasteiger partial charge is 0.310 e. The molecule has 2 N–H and O–H groups in total. The van der Waals surface area contributed by atoms with Crippen molar-refractivity contribution in [2.24, 2.45) is 17.3 Å². The number of hydrogen-bond acceptors (Lipinski definition) is 3. The molecule has 1 saturated carbocycles. The molecule has 0 bridgehead atoms. The maximum Gasteiger partial charge on any atom is 0.310 e. The van der Waals surface area contributed by atoms with Gasteiger partial charge in [0.1, 0.15) is 11.2 Å². The van der Waals surface area contributed by atoms with E-state index in [0.29, 0.717) is 6.42 Å². The molecule has 0 aromatic heterocycles. The molecule has 0 aromatic rings. The third-order valence-electron chi connectivity index (χ3n) is 5.15. The average Bonchev–Trinajstić information content (AvgIpc) is 2.87. The summed E-state index contributed by atoms with van der Waals surface area (Å²) in [5.74, 6) is -1.71. The van der Waals surface area contributed by atoms with Crippen molar-refractivity contribution in [3.63, 3.8) is 0 Å². The summed E-state index contributed by atoms with van der Waals surface area (Å²) in [4.78, 5) is 11.8. The molecule has 0 radical (unpaired) electrons. The highest BCUT2D eigenvalue weighted by Crippen LogP contribution is 2.60. The number of rotatable bonds is 3. The molecule has 4 heteroatoms. The molecule has 20 heavy (non-hydrogen) atoms. The Labute approximate surface area is 120 Å². The largest absolute Gasteiger partial charge is 0.481 e. The molecule has 1 aliphatic carbocycles. The highest BCUT2D eigenvalue weighted by molar-refractivity contribution is 5.73. The molecular formula is C16H26O4. The van der Waals surface area contributed by atoms with Crippen LogP contribution in [0.25, 0.3) is 0 Å². The van der Waals surface area contributed by atoms with Crippen LogP contribution in [0.1, 0.15) is 47.5 Å². The Morgan fingerprint density at radius 1 is 1.45 bits per heavy atom. The zero-order chi connectivity index (χ0) is 15.5. The Morgan fingerprint density at radius 3 is 2.40 bits per heavy atom. The zero-order valence-electron chi connectivity index (χ0n) is 13.1. The lowest BCUT2D eigenvalue weighted by atomic mass is 9.58. The first-order valence-corrected chi connectivity index (χ1v) is 7.22. The van der Waals surface area contributed by atoms with Crippen molar-refractivity contribution >= 4 is 5.97 Å². The van der Waals surface area contributed by atoms with Crippen LogP contribution < -0.4 is 0 Å². The minimum Gasteiger partial charge on any atom is -0.481 e. The standard InChI is InChI=1S/C16H26O4/c1-9(2)10-7-11-15(6,20-11)16(19,8-10)12(13(17)18)14(3,4)5/h10-12,19H,1,7-8H2,2-6H3,(H,17,18)/t10-,11+,12?,15+,16+/m0/s1. The third kappa shape index (κ3) is 2.09. The SMILES string of the molecule is C=C(C)[C@H]1C[C@H]2O[C@@]2(C)[C@](O)(C(C(=O)O)C(C)(C)C)C1. The topological polar surface area (TPSA) is 70.1 Å². The highest BCUT2D eigenvalue weighted by Gasteiger charge is 2.73. The molecule has 0 aromatic carbocycles. The minimum absolute atomic E-state index is 0.0628. The lowest BCUT2D eigenvalue weighted by Gasteiger charge is -2.47. The Kier molecular flexibility index (Phi) is 3.34. The zero-order valence-corrected chi connectivity index (χ0v) is 13.1. The van der Waals surface area contributed by atoms with E-state index in [4.69, 9.17) is 4.74 Å². The third-order valence-corrected chi connectivity index (χ3v) is 5.15. The van der Waals surface area contributed by atoms with Crippen LogP contribution in [0.4, 0.5) is 0 Å². The van der Waals surface area contributed by atoms with Crippen LogP contribution in [0.2, 0.25) is 0 Å². The van der Waals surface area contributed by atoms with Gasteiger partial charge in [0.05, 0.1) is 12.0 Å². The fraction of sp³-hybridized carbons (Fsp3) is 0.812. The van der Waals surface area contributed by atoms with Crippen LogP contribution in [-0.4, -0.2) is 33.5 Å². The first-order chi connectivity index (χ1) is 8.93. The van der Waals surface area contributed by atoms with Crippen molar-refractivity contribution in [1.29, 1.82) is 0 Å². The fourth-order valence-corrected chi connectivity index (χ4v) is 3.91. The van der Waals surface area contributed by atoms with Gasteiger partial charge in [-0.25, -0.2) is 0 Å². The van der Waals surface area contributed by atoms with E-state index in [1.54, 1.807) is 0 Å². The molecule has 2 rings (SSSR count). The van der Waals surface area contributed by atoms with Crippen LogP contribution in [-0.2, 0) is 9.53 Å². The van der Waals surface area contributed by atoms with Gasteiger partial charge in [0.2, 0.25) is 0 Å². The summed E-state index contributed by atoms with van der Waals surface area (Å²) < 4.78 is 5.73. The summed E-state index contributed by atoms with van der Waals surface area (Å²) in [5, 5.41) is 20.9. The van der Waals surface area contributed by atoms with Crippen molar-refractivity contribution in [2.45, 2.75) is 64.8 Å². The van der Waals surface area contributed by atoms with Gasteiger partial charge in [-0.3, -0.25) is 4.79 Å². The summed E-state index contributed by atoms with van der Waals surface area (Å²) >= 11 is 0. The summed E-state index contributed by atoms with van der Waals surface area (Å²) in [6.07, 6.45) is 1.17.